The number of aliphatic imine (C=N–C) groups is 1. The quantitative estimate of drug-likeness (QED) is 0.287. The van der Waals surface area contributed by atoms with Gasteiger partial charge in [-0.2, -0.15) is 0 Å². The van der Waals surface area contributed by atoms with Crippen molar-refractivity contribution in [3.05, 3.63) is 73.9 Å². The van der Waals surface area contributed by atoms with Crippen molar-refractivity contribution >= 4 is 66.5 Å². The van der Waals surface area contributed by atoms with Crippen LogP contribution in [0.2, 0.25) is 5.02 Å². The number of fused-ring (bicyclic) bond motifs is 1. The second-order valence-electron chi connectivity index (χ2n) is 5.88. The van der Waals surface area contributed by atoms with Gasteiger partial charge >= 0.3 is 0 Å². The molecule has 0 radical (unpaired) electrons. The van der Waals surface area contributed by atoms with Crippen LogP contribution >= 0.6 is 43.5 Å². The van der Waals surface area contributed by atoms with Crippen LogP contribution in [-0.4, -0.2) is 16.3 Å². The van der Waals surface area contributed by atoms with Crippen LogP contribution < -0.4 is 0 Å². The number of nitrogens with zero attached hydrogens (tertiary/aromatic N) is 2. The van der Waals surface area contributed by atoms with Crippen LogP contribution in [0.25, 0.3) is 22.6 Å². The first-order chi connectivity index (χ1) is 13.4. The lowest BCUT2D eigenvalue weighted by molar-refractivity contribution is 0.471. The molecule has 0 aliphatic rings. The van der Waals surface area contributed by atoms with Crippen LogP contribution in [0.5, 0.6) is 5.75 Å². The van der Waals surface area contributed by atoms with Crippen molar-refractivity contribution < 1.29 is 13.9 Å². The van der Waals surface area contributed by atoms with Gasteiger partial charge in [0, 0.05) is 16.3 Å². The fourth-order valence-corrected chi connectivity index (χ4v) is 4.11. The molecule has 0 aliphatic heterocycles. The predicted octanol–water partition coefficient (Wildman–Crippen LogP) is 7.27. The molecular weight excluding hydrogens is 514 g/mol. The topological polar surface area (TPSA) is 58.6 Å². The van der Waals surface area contributed by atoms with E-state index in [9.17, 15) is 9.50 Å². The molecule has 0 fully saturated rings. The number of phenols is 1. The van der Waals surface area contributed by atoms with E-state index in [0.717, 1.165) is 4.47 Å². The first-order valence-electron chi connectivity index (χ1n) is 7.99. The highest BCUT2D eigenvalue weighted by Crippen LogP contribution is 2.33. The van der Waals surface area contributed by atoms with Gasteiger partial charge in [0.25, 0.3) is 0 Å². The van der Waals surface area contributed by atoms with E-state index in [1.165, 1.54) is 18.2 Å². The summed E-state index contributed by atoms with van der Waals surface area (Å²) in [5.74, 6) is -0.0266. The van der Waals surface area contributed by atoms with Crippen LogP contribution in [0.1, 0.15) is 5.56 Å². The van der Waals surface area contributed by atoms with Crippen LogP contribution in [-0.2, 0) is 0 Å². The van der Waals surface area contributed by atoms with Gasteiger partial charge in [-0.15, -0.1) is 0 Å². The molecular formula is C20H10Br2ClFN2O2. The molecule has 140 valence electrons. The van der Waals surface area contributed by atoms with E-state index in [1.54, 1.807) is 36.5 Å². The fraction of sp³-hybridized carbons (Fsp3) is 0. The summed E-state index contributed by atoms with van der Waals surface area (Å²) in [4.78, 5) is 8.82. The monoisotopic (exact) mass is 522 g/mol. The molecule has 3 aromatic carbocycles. The molecule has 0 saturated carbocycles. The van der Waals surface area contributed by atoms with Gasteiger partial charge in [-0.3, -0.25) is 4.99 Å². The molecule has 0 unspecified atom stereocenters. The Morgan fingerprint density at radius 2 is 1.93 bits per heavy atom. The average Bonchev–Trinajstić information content (AvgIpc) is 3.06. The molecule has 0 amide bonds. The first-order valence-corrected chi connectivity index (χ1v) is 9.95. The Labute approximate surface area is 180 Å². The maximum atomic E-state index is 13.2. The molecule has 0 saturated heterocycles. The van der Waals surface area contributed by atoms with Crippen LogP contribution in [0.15, 0.2) is 66.9 Å². The highest BCUT2D eigenvalue weighted by molar-refractivity contribution is 9.11. The minimum Gasteiger partial charge on any atom is -0.506 e. The maximum absolute atomic E-state index is 13.2. The lowest BCUT2D eigenvalue weighted by Crippen LogP contribution is -1.84. The van der Waals surface area contributed by atoms with E-state index in [2.05, 4.69) is 41.8 Å². The van der Waals surface area contributed by atoms with Crippen molar-refractivity contribution in [1.29, 1.82) is 0 Å². The molecule has 1 N–H and O–H groups in total. The predicted molar refractivity (Wildman–Crippen MR) is 115 cm³/mol. The Balaban J connectivity index is 1.69. The third-order valence-electron chi connectivity index (χ3n) is 3.94. The zero-order valence-electron chi connectivity index (χ0n) is 14.0. The molecule has 8 heteroatoms. The highest BCUT2D eigenvalue weighted by atomic mass is 79.9. The number of phenolic OH excluding ortho intramolecular Hbond substituents is 1. The van der Waals surface area contributed by atoms with E-state index < -0.39 is 5.82 Å². The lowest BCUT2D eigenvalue weighted by Gasteiger charge is -2.02. The third kappa shape index (κ3) is 3.83. The summed E-state index contributed by atoms with van der Waals surface area (Å²) in [5.41, 5.74) is 2.84. The summed E-state index contributed by atoms with van der Waals surface area (Å²) in [6.07, 6.45) is 1.56. The molecule has 0 bridgehead atoms. The van der Waals surface area contributed by atoms with Crippen molar-refractivity contribution in [2.24, 2.45) is 4.99 Å². The summed E-state index contributed by atoms with van der Waals surface area (Å²) < 4.78 is 20.3. The molecule has 28 heavy (non-hydrogen) atoms. The van der Waals surface area contributed by atoms with Crippen molar-refractivity contribution in [1.82, 2.24) is 4.98 Å². The molecule has 1 heterocycles. The molecule has 0 aliphatic carbocycles. The van der Waals surface area contributed by atoms with E-state index in [1.807, 2.05) is 0 Å². The molecule has 4 rings (SSSR count). The average molecular weight is 525 g/mol. The Hall–Kier alpha value is -2.22. The maximum Gasteiger partial charge on any atom is 0.228 e. The van der Waals surface area contributed by atoms with Gasteiger partial charge in [0.2, 0.25) is 5.89 Å². The van der Waals surface area contributed by atoms with Crippen LogP contribution in [0, 0.1) is 5.82 Å². The second-order valence-corrected chi connectivity index (χ2v) is 8.06. The van der Waals surface area contributed by atoms with Gasteiger partial charge in [-0.05, 0) is 64.5 Å². The molecule has 0 atom stereocenters. The number of halogens is 4. The van der Waals surface area contributed by atoms with Gasteiger partial charge in [0.05, 0.1) is 20.7 Å². The fourth-order valence-electron chi connectivity index (χ4n) is 2.60. The third-order valence-corrected chi connectivity index (χ3v) is 5.32. The van der Waals surface area contributed by atoms with Crippen molar-refractivity contribution in [2.45, 2.75) is 0 Å². The molecule has 1 aromatic heterocycles. The zero-order chi connectivity index (χ0) is 19.8. The molecule has 4 aromatic rings. The standard InChI is InChI=1S/C20H10Br2ClFN2O2/c21-11-5-10(19(27)15(22)6-11)9-25-13-2-4-18-17(8-13)26-20(28-18)14-3-1-12(24)7-16(14)23/h1-9,27H. The Morgan fingerprint density at radius 3 is 2.71 bits per heavy atom. The summed E-state index contributed by atoms with van der Waals surface area (Å²) >= 11 is 12.8. The summed E-state index contributed by atoms with van der Waals surface area (Å²) in [6, 6.07) is 12.8. The molecule has 0 spiro atoms. The number of aromatic nitrogens is 1. The SMILES string of the molecule is Oc1c(Br)cc(Br)cc1C=Nc1ccc2oc(-c3ccc(F)cc3Cl)nc2c1. The number of hydrogen-bond acceptors (Lipinski definition) is 4. The first kappa shape index (κ1) is 19.1. The smallest absolute Gasteiger partial charge is 0.228 e. The van der Waals surface area contributed by atoms with Gasteiger partial charge in [0.15, 0.2) is 5.58 Å². The van der Waals surface area contributed by atoms with E-state index >= 15 is 0 Å². The second kappa shape index (κ2) is 7.66. The summed E-state index contributed by atoms with van der Waals surface area (Å²) in [6.45, 7) is 0. The number of rotatable bonds is 3. The van der Waals surface area contributed by atoms with Gasteiger partial charge in [0.1, 0.15) is 17.1 Å². The van der Waals surface area contributed by atoms with Gasteiger partial charge < -0.3 is 9.52 Å². The number of oxazole rings is 1. The number of aromatic hydroxyl groups is 1. The minimum absolute atomic E-state index is 0.0997. The van der Waals surface area contributed by atoms with Crippen molar-refractivity contribution in [3.8, 4) is 17.2 Å². The largest absolute Gasteiger partial charge is 0.506 e. The summed E-state index contributed by atoms with van der Waals surface area (Å²) in [7, 11) is 0. The summed E-state index contributed by atoms with van der Waals surface area (Å²) in [5, 5.41) is 10.3. The number of hydrogen-bond donors (Lipinski definition) is 1. The molecule has 4 nitrogen and oxygen atoms in total. The van der Waals surface area contributed by atoms with Crippen molar-refractivity contribution in [2.75, 3.05) is 0 Å². The van der Waals surface area contributed by atoms with Crippen LogP contribution in [0.4, 0.5) is 10.1 Å². The Bertz CT molecular complexity index is 1240. The lowest BCUT2D eigenvalue weighted by atomic mass is 10.2. The van der Waals surface area contributed by atoms with Crippen molar-refractivity contribution in [3.63, 3.8) is 0 Å². The van der Waals surface area contributed by atoms with Crippen LogP contribution in [0.3, 0.4) is 0 Å². The minimum atomic E-state index is -0.427. The van der Waals surface area contributed by atoms with Gasteiger partial charge in [-0.1, -0.05) is 27.5 Å². The van der Waals surface area contributed by atoms with E-state index in [-0.39, 0.29) is 10.8 Å². The zero-order valence-corrected chi connectivity index (χ0v) is 17.9. The Morgan fingerprint density at radius 1 is 1.11 bits per heavy atom. The van der Waals surface area contributed by atoms with E-state index in [4.69, 9.17) is 16.0 Å². The number of benzene rings is 3. The Kier molecular flexibility index (Phi) is 5.23. The van der Waals surface area contributed by atoms with Gasteiger partial charge in [-0.25, -0.2) is 9.37 Å². The van der Waals surface area contributed by atoms with E-state index in [0.29, 0.717) is 38.3 Å². The highest BCUT2D eigenvalue weighted by Gasteiger charge is 2.13. The normalized spacial score (nSPS) is 11.6.